The van der Waals surface area contributed by atoms with E-state index in [1.807, 2.05) is 4.90 Å². The van der Waals surface area contributed by atoms with Gasteiger partial charge in [-0.05, 0) is 44.0 Å². The number of thiazole rings is 1. The SMILES string of the molecule is Cc1nc(NC(=O)Nc2ccc(Cl)cc2)sc1C(=O)N1CCCC1. The summed E-state index contributed by atoms with van der Waals surface area (Å²) in [7, 11) is 0. The lowest BCUT2D eigenvalue weighted by Gasteiger charge is -2.13. The van der Waals surface area contributed by atoms with Crippen LogP contribution in [0.1, 0.15) is 28.2 Å². The number of anilines is 2. The number of nitrogens with one attached hydrogen (secondary N) is 2. The van der Waals surface area contributed by atoms with Crippen LogP contribution < -0.4 is 10.6 Å². The first-order valence-electron chi connectivity index (χ1n) is 7.63. The highest BCUT2D eigenvalue weighted by Crippen LogP contribution is 2.25. The standard InChI is InChI=1S/C16H17ClN4O2S/c1-10-13(14(22)21-8-2-3-9-21)24-16(18-10)20-15(23)19-12-6-4-11(17)5-7-12/h4-7H,2-3,8-9H2,1H3,(H2,18,19,20,23). The largest absolute Gasteiger partial charge is 0.338 e. The molecule has 0 spiro atoms. The molecule has 0 radical (unpaired) electrons. The fourth-order valence-corrected chi connectivity index (χ4v) is 3.56. The zero-order valence-electron chi connectivity index (χ0n) is 13.1. The molecule has 2 N–H and O–H groups in total. The van der Waals surface area contributed by atoms with Crippen LogP contribution in [-0.2, 0) is 0 Å². The minimum absolute atomic E-state index is 0.00587. The quantitative estimate of drug-likeness (QED) is 0.864. The third kappa shape index (κ3) is 3.85. The topological polar surface area (TPSA) is 74.3 Å². The number of likely N-dealkylation sites (tertiary alicyclic amines) is 1. The van der Waals surface area contributed by atoms with E-state index in [1.165, 1.54) is 11.3 Å². The lowest BCUT2D eigenvalue weighted by Crippen LogP contribution is -2.27. The van der Waals surface area contributed by atoms with Gasteiger partial charge in [0.2, 0.25) is 0 Å². The fourth-order valence-electron chi connectivity index (χ4n) is 2.50. The molecule has 6 nitrogen and oxygen atoms in total. The highest BCUT2D eigenvalue weighted by Gasteiger charge is 2.24. The molecule has 2 heterocycles. The van der Waals surface area contributed by atoms with Gasteiger partial charge in [-0.3, -0.25) is 10.1 Å². The summed E-state index contributed by atoms with van der Waals surface area (Å²) in [5, 5.41) is 6.36. The Kier molecular flexibility index (Phi) is 5.01. The maximum atomic E-state index is 12.4. The average molecular weight is 365 g/mol. The highest BCUT2D eigenvalue weighted by atomic mass is 35.5. The molecule has 24 heavy (non-hydrogen) atoms. The van der Waals surface area contributed by atoms with Gasteiger partial charge in [-0.15, -0.1) is 0 Å². The van der Waals surface area contributed by atoms with Gasteiger partial charge in [-0.1, -0.05) is 22.9 Å². The molecule has 3 amide bonds. The molecule has 0 unspecified atom stereocenters. The average Bonchev–Trinajstić information content (AvgIpc) is 3.19. The summed E-state index contributed by atoms with van der Waals surface area (Å²) in [6.45, 7) is 3.36. The molecule has 0 saturated carbocycles. The Morgan fingerprint density at radius 2 is 1.83 bits per heavy atom. The first kappa shape index (κ1) is 16.7. The van der Waals surface area contributed by atoms with E-state index in [0.29, 0.717) is 26.4 Å². The van der Waals surface area contributed by atoms with E-state index >= 15 is 0 Å². The van der Waals surface area contributed by atoms with Crippen LogP contribution in [0.4, 0.5) is 15.6 Å². The summed E-state index contributed by atoms with van der Waals surface area (Å²) in [5.74, 6) is -0.00587. The lowest BCUT2D eigenvalue weighted by atomic mass is 10.3. The van der Waals surface area contributed by atoms with Crippen LogP contribution in [0.25, 0.3) is 0 Å². The molecule has 1 aromatic carbocycles. The Hall–Kier alpha value is -2.12. The molecule has 8 heteroatoms. The predicted molar refractivity (Wildman–Crippen MR) is 96.1 cm³/mol. The molecule has 1 aliphatic heterocycles. The Balaban J connectivity index is 1.65. The highest BCUT2D eigenvalue weighted by molar-refractivity contribution is 7.17. The van der Waals surface area contributed by atoms with Crippen molar-refractivity contribution in [2.75, 3.05) is 23.7 Å². The van der Waals surface area contributed by atoms with Crippen LogP contribution in [-0.4, -0.2) is 34.9 Å². The zero-order valence-corrected chi connectivity index (χ0v) is 14.7. The Labute approximate surface area is 148 Å². The number of aryl methyl sites for hydroxylation is 1. The van der Waals surface area contributed by atoms with Crippen molar-refractivity contribution >= 4 is 45.7 Å². The number of halogens is 1. The van der Waals surface area contributed by atoms with Crippen LogP contribution in [0.2, 0.25) is 5.02 Å². The van der Waals surface area contributed by atoms with Gasteiger partial charge in [0.25, 0.3) is 5.91 Å². The molecule has 0 aliphatic carbocycles. The van der Waals surface area contributed by atoms with Crippen LogP contribution in [0.3, 0.4) is 0 Å². The first-order chi connectivity index (χ1) is 11.5. The summed E-state index contributed by atoms with van der Waals surface area (Å²) < 4.78 is 0. The number of hydrogen-bond donors (Lipinski definition) is 2. The number of carbonyl (C=O) groups is 2. The van der Waals surface area contributed by atoms with E-state index in [0.717, 1.165) is 25.9 Å². The van der Waals surface area contributed by atoms with Crippen molar-refractivity contribution in [2.24, 2.45) is 0 Å². The van der Waals surface area contributed by atoms with Crippen LogP contribution in [0.15, 0.2) is 24.3 Å². The number of nitrogens with zero attached hydrogens (tertiary/aromatic N) is 2. The van der Waals surface area contributed by atoms with Crippen LogP contribution in [0, 0.1) is 6.92 Å². The van der Waals surface area contributed by atoms with E-state index in [4.69, 9.17) is 11.6 Å². The smallest absolute Gasteiger partial charge is 0.325 e. The van der Waals surface area contributed by atoms with Crippen molar-refractivity contribution in [2.45, 2.75) is 19.8 Å². The molecule has 3 rings (SSSR count). The number of benzene rings is 1. The molecule has 0 bridgehead atoms. The minimum atomic E-state index is -0.411. The van der Waals surface area contributed by atoms with Gasteiger partial charge >= 0.3 is 6.03 Å². The van der Waals surface area contributed by atoms with E-state index in [-0.39, 0.29) is 5.91 Å². The third-order valence-corrected chi connectivity index (χ3v) is 5.02. The number of carbonyl (C=O) groups excluding carboxylic acids is 2. The number of rotatable bonds is 3. The van der Waals surface area contributed by atoms with E-state index in [9.17, 15) is 9.59 Å². The number of hydrogen-bond acceptors (Lipinski definition) is 4. The van der Waals surface area contributed by atoms with Crippen molar-refractivity contribution in [3.8, 4) is 0 Å². The maximum Gasteiger partial charge on any atom is 0.325 e. The number of urea groups is 1. The monoisotopic (exact) mass is 364 g/mol. The zero-order chi connectivity index (χ0) is 17.1. The molecule has 1 aromatic heterocycles. The Morgan fingerprint density at radius 3 is 2.50 bits per heavy atom. The number of amides is 3. The Bertz CT molecular complexity index is 754. The van der Waals surface area contributed by atoms with Crippen LogP contribution >= 0.6 is 22.9 Å². The second kappa shape index (κ2) is 7.19. The van der Waals surface area contributed by atoms with Gasteiger partial charge in [-0.2, -0.15) is 0 Å². The van der Waals surface area contributed by atoms with Gasteiger partial charge in [0.15, 0.2) is 5.13 Å². The van der Waals surface area contributed by atoms with Gasteiger partial charge in [0, 0.05) is 23.8 Å². The molecule has 0 atom stereocenters. The summed E-state index contributed by atoms with van der Waals surface area (Å²) >= 11 is 7.01. The molecule has 1 saturated heterocycles. The van der Waals surface area contributed by atoms with Crippen molar-refractivity contribution in [1.29, 1.82) is 0 Å². The lowest BCUT2D eigenvalue weighted by molar-refractivity contribution is 0.0796. The first-order valence-corrected chi connectivity index (χ1v) is 8.82. The van der Waals surface area contributed by atoms with Gasteiger partial charge in [0.1, 0.15) is 4.88 Å². The van der Waals surface area contributed by atoms with E-state index < -0.39 is 6.03 Å². The summed E-state index contributed by atoms with van der Waals surface area (Å²) in [6, 6.07) is 6.38. The number of aromatic nitrogens is 1. The van der Waals surface area contributed by atoms with Gasteiger partial charge in [0.05, 0.1) is 5.69 Å². The predicted octanol–water partition coefficient (Wildman–Crippen LogP) is 3.98. The summed E-state index contributed by atoms with van der Waals surface area (Å²) in [4.78, 5) is 31.2. The van der Waals surface area contributed by atoms with Gasteiger partial charge < -0.3 is 10.2 Å². The van der Waals surface area contributed by atoms with Crippen LogP contribution in [0.5, 0.6) is 0 Å². The molecular weight excluding hydrogens is 348 g/mol. The van der Waals surface area contributed by atoms with E-state index in [2.05, 4.69) is 15.6 Å². The maximum absolute atomic E-state index is 12.4. The van der Waals surface area contributed by atoms with Crippen molar-refractivity contribution in [1.82, 2.24) is 9.88 Å². The molecule has 2 aromatic rings. The molecule has 1 fully saturated rings. The molecule has 126 valence electrons. The summed E-state index contributed by atoms with van der Waals surface area (Å²) in [6.07, 6.45) is 2.08. The minimum Gasteiger partial charge on any atom is -0.338 e. The normalized spacial score (nSPS) is 13.8. The Morgan fingerprint density at radius 1 is 1.17 bits per heavy atom. The molecular formula is C16H17ClN4O2S. The van der Waals surface area contributed by atoms with Crippen molar-refractivity contribution in [3.63, 3.8) is 0 Å². The fraction of sp³-hybridized carbons (Fsp3) is 0.312. The summed E-state index contributed by atoms with van der Waals surface area (Å²) in [5.41, 5.74) is 1.26. The van der Waals surface area contributed by atoms with Crippen molar-refractivity contribution < 1.29 is 9.59 Å². The van der Waals surface area contributed by atoms with Crippen molar-refractivity contribution in [3.05, 3.63) is 39.9 Å². The third-order valence-electron chi connectivity index (χ3n) is 3.71. The molecule has 1 aliphatic rings. The second-order valence-corrected chi connectivity index (χ2v) is 6.95. The van der Waals surface area contributed by atoms with Gasteiger partial charge in [-0.25, -0.2) is 9.78 Å². The van der Waals surface area contributed by atoms with E-state index in [1.54, 1.807) is 31.2 Å². The second-order valence-electron chi connectivity index (χ2n) is 5.52.